The van der Waals surface area contributed by atoms with Crippen LogP contribution in [0.3, 0.4) is 0 Å². The molecule has 0 unspecified atom stereocenters. The van der Waals surface area contributed by atoms with E-state index in [9.17, 15) is 4.79 Å². The number of carbonyl (C=O) groups excluding carboxylic acids is 1. The fourth-order valence-corrected chi connectivity index (χ4v) is 0.732. The molecule has 0 atom stereocenters. The van der Waals surface area contributed by atoms with Gasteiger partial charge in [0.05, 0.1) is 0 Å². The molecule has 0 bridgehead atoms. The number of nitriles is 1. The minimum atomic E-state index is -0.725. The van der Waals surface area contributed by atoms with Crippen molar-refractivity contribution in [3.63, 3.8) is 0 Å². The number of aromatic nitrogens is 8. The highest BCUT2D eigenvalue weighted by Gasteiger charge is 2.15. The monoisotopic (exact) mass is 191 g/mol. The topological polar surface area (TPSA) is 128 Å². The average Bonchev–Trinajstić information content (AvgIpc) is 2.87. The zero-order chi connectivity index (χ0) is 9.97. The van der Waals surface area contributed by atoms with Gasteiger partial charge in [0.25, 0.3) is 5.82 Å². The van der Waals surface area contributed by atoms with Crippen LogP contribution in [-0.4, -0.2) is 46.4 Å². The molecule has 0 N–H and O–H groups in total. The van der Waals surface area contributed by atoms with Crippen molar-refractivity contribution in [1.82, 2.24) is 40.4 Å². The van der Waals surface area contributed by atoms with Gasteiger partial charge in [-0.2, -0.15) is 5.26 Å². The van der Waals surface area contributed by atoms with Crippen LogP contribution in [0.15, 0.2) is 6.33 Å². The molecule has 0 saturated carbocycles. The molecule has 0 aliphatic heterocycles. The third-order valence-electron chi connectivity index (χ3n) is 1.30. The molecule has 68 valence electrons. The van der Waals surface area contributed by atoms with Gasteiger partial charge in [0, 0.05) is 0 Å². The van der Waals surface area contributed by atoms with Gasteiger partial charge in [-0.3, -0.25) is 0 Å². The SMILES string of the molecule is N#Cc1nnnn1C(=O)n1cnnn1. The summed E-state index contributed by atoms with van der Waals surface area (Å²) in [6.07, 6.45) is 1.07. The van der Waals surface area contributed by atoms with E-state index in [1.54, 1.807) is 6.07 Å². The van der Waals surface area contributed by atoms with E-state index in [1.807, 2.05) is 0 Å². The second-order valence-electron chi connectivity index (χ2n) is 2.06. The minimum absolute atomic E-state index is 0.231. The van der Waals surface area contributed by atoms with E-state index >= 15 is 0 Å². The third-order valence-corrected chi connectivity index (χ3v) is 1.30. The van der Waals surface area contributed by atoms with Gasteiger partial charge >= 0.3 is 6.03 Å². The highest BCUT2D eigenvalue weighted by molar-refractivity contribution is 5.77. The Kier molecular flexibility index (Phi) is 1.68. The summed E-state index contributed by atoms with van der Waals surface area (Å²) in [4.78, 5) is 11.4. The number of hydrogen-bond donors (Lipinski definition) is 0. The number of hydrogen-bond acceptors (Lipinski definition) is 8. The van der Waals surface area contributed by atoms with Crippen molar-refractivity contribution in [3.05, 3.63) is 12.2 Å². The van der Waals surface area contributed by atoms with Crippen LogP contribution < -0.4 is 0 Å². The molecule has 0 radical (unpaired) electrons. The first-order chi connectivity index (χ1) is 6.83. The molecule has 2 heterocycles. The van der Waals surface area contributed by atoms with Gasteiger partial charge < -0.3 is 0 Å². The zero-order valence-electron chi connectivity index (χ0n) is 6.51. The first-order valence-electron chi connectivity index (χ1n) is 3.29. The standard InChI is InChI=1S/C4HN9O/c5-1-3-7-9-11-13(3)4(14)12-2-6-8-10-12/h2H. The lowest BCUT2D eigenvalue weighted by Gasteiger charge is -1.94. The summed E-state index contributed by atoms with van der Waals surface area (Å²) < 4.78 is 1.49. The normalized spacial score (nSPS) is 9.64. The molecule has 0 saturated heterocycles. The molecular formula is C4HN9O. The number of carbonyl (C=O) groups is 1. The molecule has 0 aliphatic rings. The predicted molar refractivity (Wildman–Crippen MR) is 36.5 cm³/mol. The van der Waals surface area contributed by atoms with Crippen molar-refractivity contribution in [1.29, 1.82) is 5.26 Å². The summed E-state index contributed by atoms with van der Waals surface area (Å²) in [5.74, 6) is -0.231. The molecule has 14 heavy (non-hydrogen) atoms. The highest BCUT2D eigenvalue weighted by Crippen LogP contribution is 1.91. The molecular weight excluding hydrogens is 190 g/mol. The Bertz CT molecular complexity index is 489. The first-order valence-corrected chi connectivity index (χ1v) is 3.29. The molecule has 0 aliphatic carbocycles. The van der Waals surface area contributed by atoms with Crippen LogP contribution >= 0.6 is 0 Å². The van der Waals surface area contributed by atoms with E-state index in [0.717, 1.165) is 11.0 Å². The molecule has 10 nitrogen and oxygen atoms in total. The quantitative estimate of drug-likeness (QED) is 0.439. The van der Waals surface area contributed by atoms with Gasteiger partial charge in [-0.25, -0.2) is 4.79 Å². The summed E-state index contributed by atoms with van der Waals surface area (Å²) in [7, 11) is 0. The smallest absolute Gasteiger partial charge is 0.243 e. The number of nitrogens with zero attached hydrogens (tertiary/aromatic N) is 9. The lowest BCUT2D eigenvalue weighted by molar-refractivity contribution is 0.237. The number of rotatable bonds is 0. The Morgan fingerprint density at radius 1 is 1.43 bits per heavy atom. The summed E-state index contributed by atoms with van der Waals surface area (Å²) in [5.41, 5.74) is 0. The Balaban J connectivity index is 2.43. The minimum Gasteiger partial charge on any atom is -0.243 e. The van der Waals surface area contributed by atoms with Crippen LogP contribution in [-0.2, 0) is 0 Å². The molecule has 2 aromatic heterocycles. The maximum atomic E-state index is 11.4. The van der Waals surface area contributed by atoms with Gasteiger partial charge in [0.15, 0.2) is 0 Å². The molecule has 0 spiro atoms. The van der Waals surface area contributed by atoms with Crippen molar-refractivity contribution >= 4 is 6.03 Å². The van der Waals surface area contributed by atoms with Gasteiger partial charge in [-0.15, -0.1) is 14.5 Å². The van der Waals surface area contributed by atoms with Crippen LogP contribution in [0.4, 0.5) is 4.79 Å². The Hall–Kier alpha value is -2.70. The van der Waals surface area contributed by atoms with Crippen molar-refractivity contribution < 1.29 is 4.79 Å². The Labute approximate surface area is 75.7 Å². The molecule has 2 rings (SSSR count). The van der Waals surface area contributed by atoms with Crippen LogP contribution in [0, 0.1) is 11.3 Å². The second kappa shape index (κ2) is 2.98. The molecule has 0 aromatic carbocycles. The average molecular weight is 191 g/mol. The molecule has 0 fully saturated rings. The molecule has 2 aromatic rings. The van der Waals surface area contributed by atoms with Crippen LogP contribution in [0.1, 0.15) is 5.82 Å². The first kappa shape index (κ1) is 7.92. The van der Waals surface area contributed by atoms with E-state index in [-0.39, 0.29) is 5.82 Å². The highest BCUT2D eigenvalue weighted by atomic mass is 16.2. The van der Waals surface area contributed by atoms with Gasteiger partial charge in [0.1, 0.15) is 12.4 Å². The summed E-state index contributed by atoms with van der Waals surface area (Å²) in [5, 5.41) is 28.1. The summed E-state index contributed by atoms with van der Waals surface area (Å²) >= 11 is 0. The van der Waals surface area contributed by atoms with Crippen LogP contribution in [0.5, 0.6) is 0 Å². The Morgan fingerprint density at radius 2 is 2.29 bits per heavy atom. The zero-order valence-corrected chi connectivity index (χ0v) is 6.51. The lowest BCUT2D eigenvalue weighted by Crippen LogP contribution is -2.22. The van der Waals surface area contributed by atoms with E-state index in [0.29, 0.717) is 4.68 Å². The molecule has 0 amide bonds. The lowest BCUT2D eigenvalue weighted by atomic mass is 10.7. The summed E-state index contributed by atoms with van der Waals surface area (Å²) in [6.45, 7) is 0. The largest absolute Gasteiger partial charge is 0.376 e. The Morgan fingerprint density at radius 3 is 2.93 bits per heavy atom. The van der Waals surface area contributed by atoms with E-state index in [2.05, 4.69) is 31.1 Å². The van der Waals surface area contributed by atoms with Gasteiger partial charge in [-0.05, 0) is 20.9 Å². The summed E-state index contributed by atoms with van der Waals surface area (Å²) in [6, 6.07) is 0.917. The van der Waals surface area contributed by atoms with Crippen molar-refractivity contribution in [3.8, 4) is 6.07 Å². The third kappa shape index (κ3) is 1.08. The van der Waals surface area contributed by atoms with Crippen molar-refractivity contribution in [2.75, 3.05) is 0 Å². The number of tetrazole rings is 2. The van der Waals surface area contributed by atoms with Gasteiger partial charge in [-0.1, -0.05) is 5.10 Å². The fraction of sp³-hybridized carbons (Fsp3) is 0. The van der Waals surface area contributed by atoms with E-state index < -0.39 is 6.03 Å². The van der Waals surface area contributed by atoms with Gasteiger partial charge in [0.2, 0.25) is 0 Å². The van der Waals surface area contributed by atoms with E-state index in [1.165, 1.54) is 0 Å². The van der Waals surface area contributed by atoms with E-state index in [4.69, 9.17) is 5.26 Å². The fourth-order valence-electron chi connectivity index (χ4n) is 0.732. The van der Waals surface area contributed by atoms with Crippen LogP contribution in [0.25, 0.3) is 0 Å². The second-order valence-corrected chi connectivity index (χ2v) is 2.06. The predicted octanol–water partition coefficient (Wildman–Crippen LogP) is -1.95. The maximum Gasteiger partial charge on any atom is 0.376 e. The maximum absolute atomic E-state index is 11.4. The molecule has 10 heteroatoms. The van der Waals surface area contributed by atoms with Crippen molar-refractivity contribution in [2.24, 2.45) is 0 Å². The van der Waals surface area contributed by atoms with Crippen molar-refractivity contribution in [2.45, 2.75) is 0 Å². The van der Waals surface area contributed by atoms with Crippen LogP contribution in [0.2, 0.25) is 0 Å².